The Kier molecular flexibility index (Phi) is 3.28. The molecule has 0 saturated carbocycles. The molecule has 0 spiro atoms. The lowest BCUT2D eigenvalue weighted by Gasteiger charge is -2.28. The lowest BCUT2D eigenvalue weighted by molar-refractivity contribution is -0.131. The lowest BCUT2D eigenvalue weighted by atomic mass is 9.99. The summed E-state index contributed by atoms with van der Waals surface area (Å²) in [7, 11) is 0. The van der Waals surface area contributed by atoms with Gasteiger partial charge in [-0.15, -0.1) is 0 Å². The number of piperidine rings is 1. The number of hydrogen-bond donors (Lipinski definition) is 1. The first-order valence-corrected chi connectivity index (χ1v) is 4.52. The van der Waals surface area contributed by atoms with E-state index in [0.717, 1.165) is 6.42 Å². The van der Waals surface area contributed by atoms with Crippen molar-refractivity contribution in [3.63, 3.8) is 0 Å². The smallest absolute Gasteiger partial charge is 0.324 e. The van der Waals surface area contributed by atoms with E-state index in [9.17, 15) is 9.59 Å². The summed E-state index contributed by atoms with van der Waals surface area (Å²) in [5, 5.41) is 2.52. The predicted octanol–water partition coefficient (Wildman–Crippen LogP) is 0.789. The van der Waals surface area contributed by atoms with Gasteiger partial charge in [-0.2, -0.15) is 0 Å². The fourth-order valence-electron chi connectivity index (χ4n) is 1.40. The van der Waals surface area contributed by atoms with Crippen molar-refractivity contribution in [2.45, 2.75) is 19.8 Å². The van der Waals surface area contributed by atoms with Crippen molar-refractivity contribution in [3.05, 3.63) is 6.92 Å². The molecule has 0 bridgehead atoms. The molecule has 1 unspecified atom stereocenters. The first-order valence-electron chi connectivity index (χ1n) is 4.52. The van der Waals surface area contributed by atoms with Crippen LogP contribution in [0, 0.1) is 12.8 Å². The zero-order valence-corrected chi connectivity index (χ0v) is 7.88. The zero-order valence-electron chi connectivity index (χ0n) is 7.88. The molecule has 1 saturated heterocycles. The molecule has 0 aromatic rings. The van der Waals surface area contributed by atoms with Crippen LogP contribution in [0.25, 0.3) is 0 Å². The number of urea groups is 1. The van der Waals surface area contributed by atoms with Gasteiger partial charge < -0.3 is 5.32 Å². The SMILES string of the molecule is [CH2]CNC(=O)N1CCC(C)CC1=O. The van der Waals surface area contributed by atoms with Crippen molar-refractivity contribution in [1.29, 1.82) is 0 Å². The van der Waals surface area contributed by atoms with Crippen LogP contribution in [0.15, 0.2) is 0 Å². The number of carbonyl (C=O) groups is 2. The van der Waals surface area contributed by atoms with Gasteiger partial charge in [-0.25, -0.2) is 4.79 Å². The average molecular weight is 183 g/mol. The van der Waals surface area contributed by atoms with Gasteiger partial charge in [-0.05, 0) is 19.3 Å². The molecule has 1 fully saturated rings. The van der Waals surface area contributed by atoms with Crippen molar-refractivity contribution in [2.24, 2.45) is 5.92 Å². The summed E-state index contributed by atoms with van der Waals surface area (Å²) in [6.07, 6.45) is 1.38. The number of amides is 3. The molecule has 13 heavy (non-hydrogen) atoms. The maximum absolute atomic E-state index is 11.4. The highest BCUT2D eigenvalue weighted by molar-refractivity contribution is 5.95. The van der Waals surface area contributed by atoms with Gasteiger partial charge in [-0.3, -0.25) is 9.69 Å². The Hall–Kier alpha value is -1.06. The summed E-state index contributed by atoms with van der Waals surface area (Å²) in [5.41, 5.74) is 0. The van der Waals surface area contributed by atoms with E-state index in [1.165, 1.54) is 4.90 Å². The van der Waals surface area contributed by atoms with Crippen LogP contribution in [0.5, 0.6) is 0 Å². The summed E-state index contributed by atoms with van der Waals surface area (Å²) in [5.74, 6) is 0.320. The normalized spacial score (nSPS) is 23.1. The van der Waals surface area contributed by atoms with E-state index in [2.05, 4.69) is 12.2 Å². The van der Waals surface area contributed by atoms with Gasteiger partial charge in [0.15, 0.2) is 0 Å². The van der Waals surface area contributed by atoms with E-state index in [-0.39, 0.29) is 11.9 Å². The van der Waals surface area contributed by atoms with Crippen LogP contribution in [-0.4, -0.2) is 29.9 Å². The number of hydrogen-bond acceptors (Lipinski definition) is 2. The molecule has 0 aromatic heterocycles. The second-order valence-electron chi connectivity index (χ2n) is 3.38. The number of rotatable bonds is 1. The third kappa shape index (κ3) is 2.44. The van der Waals surface area contributed by atoms with Gasteiger partial charge in [0.25, 0.3) is 0 Å². The topological polar surface area (TPSA) is 49.4 Å². The Labute approximate surface area is 78.3 Å². The molecule has 3 amide bonds. The molecule has 0 aliphatic carbocycles. The molecule has 1 heterocycles. The maximum atomic E-state index is 11.4. The monoisotopic (exact) mass is 183 g/mol. The molecule has 0 aromatic carbocycles. The van der Waals surface area contributed by atoms with Crippen molar-refractivity contribution in [1.82, 2.24) is 10.2 Å². The van der Waals surface area contributed by atoms with Gasteiger partial charge in [0.05, 0.1) is 0 Å². The van der Waals surface area contributed by atoms with Crippen LogP contribution in [-0.2, 0) is 4.79 Å². The molecule has 1 rings (SSSR count). The summed E-state index contributed by atoms with van der Waals surface area (Å²) < 4.78 is 0. The Bertz CT molecular complexity index is 208. The van der Waals surface area contributed by atoms with Crippen LogP contribution >= 0.6 is 0 Å². The molecule has 4 nitrogen and oxygen atoms in total. The van der Waals surface area contributed by atoms with Crippen LogP contribution in [0.4, 0.5) is 4.79 Å². The number of carbonyl (C=O) groups excluding carboxylic acids is 2. The molecular formula is C9H15N2O2. The number of likely N-dealkylation sites (tertiary alicyclic amines) is 1. The highest BCUT2D eigenvalue weighted by atomic mass is 16.2. The molecular weight excluding hydrogens is 168 g/mol. The van der Waals surface area contributed by atoms with E-state index in [1.54, 1.807) is 0 Å². The van der Waals surface area contributed by atoms with Crippen LogP contribution in [0.3, 0.4) is 0 Å². The van der Waals surface area contributed by atoms with Gasteiger partial charge in [0.1, 0.15) is 0 Å². The fraction of sp³-hybridized carbons (Fsp3) is 0.667. The third-order valence-electron chi connectivity index (χ3n) is 2.19. The molecule has 73 valence electrons. The van der Waals surface area contributed by atoms with Crippen LogP contribution < -0.4 is 5.32 Å². The van der Waals surface area contributed by atoms with Crippen LogP contribution in [0.2, 0.25) is 0 Å². The van der Waals surface area contributed by atoms with Crippen molar-refractivity contribution < 1.29 is 9.59 Å². The summed E-state index contributed by atoms with van der Waals surface area (Å²) >= 11 is 0. The summed E-state index contributed by atoms with van der Waals surface area (Å²) in [6.45, 7) is 6.36. The maximum Gasteiger partial charge on any atom is 0.324 e. The molecule has 4 heteroatoms. The first-order chi connectivity index (χ1) is 6.15. The van der Waals surface area contributed by atoms with E-state index in [0.29, 0.717) is 25.4 Å². The molecule has 1 atom stereocenters. The highest BCUT2D eigenvalue weighted by Crippen LogP contribution is 2.16. The zero-order chi connectivity index (χ0) is 9.84. The molecule has 1 aliphatic rings. The lowest BCUT2D eigenvalue weighted by Crippen LogP contribution is -2.47. The largest absolute Gasteiger partial charge is 0.338 e. The minimum Gasteiger partial charge on any atom is -0.338 e. The van der Waals surface area contributed by atoms with Gasteiger partial charge >= 0.3 is 6.03 Å². The number of imide groups is 1. The van der Waals surface area contributed by atoms with E-state index >= 15 is 0 Å². The second kappa shape index (κ2) is 4.25. The van der Waals surface area contributed by atoms with E-state index in [1.807, 2.05) is 6.92 Å². The van der Waals surface area contributed by atoms with E-state index in [4.69, 9.17) is 0 Å². The van der Waals surface area contributed by atoms with E-state index < -0.39 is 0 Å². The fourth-order valence-corrected chi connectivity index (χ4v) is 1.40. The third-order valence-corrected chi connectivity index (χ3v) is 2.19. The van der Waals surface area contributed by atoms with Gasteiger partial charge in [0.2, 0.25) is 5.91 Å². The highest BCUT2D eigenvalue weighted by Gasteiger charge is 2.27. The van der Waals surface area contributed by atoms with Crippen molar-refractivity contribution in [2.75, 3.05) is 13.1 Å². The van der Waals surface area contributed by atoms with Crippen LogP contribution in [0.1, 0.15) is 19.8 Å². The Morgan fingerprint density at radius 1 is 1.77 bits per heavy atom. The quantitative estimate of drug-likeness (QED) is 0.653. The predicted molar refractivity (Wildman–Crippen MR) is 48.9 cm³/mol. The van der Waals surface area contributed by atoms with Gasteiger partial charge in [-0.1, -0.05) is 6.92 Å². The average Bonchev–Trinajstić information content (AvgIpc) is 2.04. The summed E-state index contributed by atoms with van der Waals surface area (Å²) in [4.78, 5) is 23.9. The van der Waals surface area contributed by atoms with Crippen molar-refractivity contribution >= 4 is 11.9 Å². The molecule has 1 aliphatic heterocycles. The Morgan fingerprint density at radius 2 is 2.46 bits per heavy atom. The Morgan fingerprint density at radius 3 is 3.00 bits per heavy atom. The first kappa shape index (κ1) is 10.0. The van der Waals surface area contributed by atoms with Crippen molar-refractivity contribution in [3.8, 4) is 0 Å². The minimum absolute atomic E-state index is 0.0790. The minimum atomic E-state index is -0.313. The summed E-state index contributed by atoms with van der Waals surface area (Å²) in [6, 6.07) is -0.313. The number of nitrogens with one attached hydrogen (secondary N) is 1. The standard InChI is InChI=1S/C9H15N2O2/c1-3-10-9(13)11-5-4-7(2)6-8(11)12/h7H,1,3-6H2,2H3,(H,10,13). The second-order valence-corrected chi connectivity index (χ2v) is 3.38. The number of nitrogens with zero attached hydrogens (tertiary/aromatic N) is 1. The molecule has 1 radical (unpaired) electrons. The Balaban J connectivity index is 2.51. The van der Waals surface area contributed by atoms with Gasteiger partial charge in [0, 0.05) is 19.5 Å². The molecule has 1 N–H and O–H groups in total.